The van der Waals surface area contributed by atoms with Crippen LogP contribution in [0.4, 0.5) is 0 Å². The third-order valence-electron chi connectivity index (χ3n) is 0. The van der Waals surface area contributed by atoms with E-state index < -0.39 is 0 Å². The topological polar surface area (TPSA) is 61.5 Å². The Morgan fingerprint density at radius 3 is 1.25 bits per heavy atom. The second-order valence-corrected chi connectivity index (χ2v) is 0. The van der Waals surface area contributed by atoms with Gasteiger partial charge in [0.2, 0.25) is 0 Å². The van der Waals surface area contributed by atoms with Crippen LogP contribution in [-0.2, 0) is 0 Å². The van der Waals surface area contributed by atoms with Crippen molar-refractivity contribution in [3.05, 3.63) is 0 Å². The molecule has 0 aromatic heterocycles. The summed E-state index contributed by atoms with van der Waals surface area (Å²) in [4.78, 5) is 0. The van der Waals surface area contributed by atoms with Gasteiger partial charge in [0.1, 0.15) is 0 Å². The Labute approximate surface area is 43.6 Å². The summed E-state index contributed by atoms with van der Waals surface area (Å²) in [5.74, 6) is 0. The van der Waals surface area contributed by atoms with Crippen LogP contribution in [0.5, 0.6) is 0 Å². The van der Waals surface area contributed by atoms with Crippen molar-refractivity contribution in [1.29, 1.82) is 0 Å². The van der Waals surface area contributed by atoms with E-state index in [2.05, 4.69) is 0 Å². The molecule has 4 heavy (non-hydrogen) atoms. The molecule has 2 nitrogen and oxygen atoms in total. The van der Waals surface area contributed by atoms with Crippen LogP contribution in [0, 0.1) is 0 Å². The van der Waals surface area contributed by atoms with Crippen molar-refractivity contribution >= 4 is 10.1 Å². The molecule has 3 N–H and O–H groups in total. The zero-order chi connectivity index (χ0) is 0. The van der Waals surface area contributed by atoms with Crippen molar-refractivity contribution in [3.63, 3.8) is 0 Å². The van der Waals surface area contributed by atoms with E-state index in [-0.39, 0.29) is 42.8 Å². The van der Waals surface area contributed by atoms with E-state index in [4.69, 9.17) is 0 Å². The van der Waals surface area contributed by atoms with E-state index in [1.165, 1.54) is 0 Å². The first kappa shape index (κ1) is 135. The van der Waals surface area contributed by atoms with Crippen LogP contribution in [-0.4, -0.2) is 21.1 Å². The smallest absolute Gasteiger partial charge is 1.00 e. The van der Waals surface area contributed by atoms with Crippen molar-refractivity contribution in [2.45, 2.75) is 0 Å². The summed E-state index contributed by atoms with van der Waals surface area (Å²) >= 11 is 0. The molecule has 4 heteroatoms. The fraction of sp³-hybridized carbons (Fsp3) is 0. The fourth-order valence-corrected chi connectivity index (χ4v) is 0. The SMILES string of the molecule is O.[Be+2].[H-].[H-].[Li+].[OH-]. The van der Waals surface area contributed by atoms with Crippen LogP contribution in [0.2, 0.25) is 0 Å². The molecular formula is H5BeLiO2. The van der Waals surface area contributed by atoms with Gasteiger partial charge in [-0.1, -0.05) is 0 Å². The van der Waals surface area contributed by atoms with Gasteiger partial charge in [-0.2, -0.15) is 0 Å². The number of rotatable bonds is 0. The van der Waals surface area contributed by atoms with Gasteiger partial charge in [0.15, 0.2) is 0 Å². The maximum absolute atomic E-state index is 0. The van der Waals surface area contributed by atoms with Gasteiger partial charge in [-0.25, -0.2) is 0 Å². The molecule has 0 amide bonds. The molecule has 0 rings (SSSR count). The predicted octanol–water partition coefficient (Wildman–Crippen LogP) is -4.15. The van der Waals surface area contributed by atoms with Crippen molar-refractivity contribution in [2.24, 2.45) is 0 Å². The van der Waals surface area contributed by atoms with Crippen LogP contribution in [0.25, 0.3) is 0 Å². The molecule has 0 unspecified atom stereocenters. The number of hydrogen-bond acceptors (Lipinski definition) is 1. The van der Waals surface area contributed by atoms with Gasteiger partial charge in [0.25, 0.3) is 0 Å². The first-order chi connectivity index (χ1) is 0. The van der Waals surface area contributed by atoms with Crippen molar-refractivity contribution in [1.82, 2.24) is 0 Å². The van der Waals surface area contributed by atoms with Crippen molar-refractivity contribution < 1.29 is 32.7 Å². The standard InChI is InChI=1S/Be.Li.2H2O.2H/h;;2*1H2;;/q+2;+1;;;2*-1/p-1. The van der Waals surface area contributed by atoms with Crippen molar-refractivity contribution in [3.8, 4) is 0 Å². The normalized spacial score (nSPS) is 0. The molecule has 0 atom stereocenters. The van der Waals surface area contributed by atoms with Crippen LogP contribution in [0.1, 0.15) is 2.85 Å². The van der Waals surface area contributed by atoms with Gasteiger partial charge < -0.3 is 13.8 Å². The third kappa shape index (κ3) is 16.2. The zero-order valence-electron chi connectivity index (χ0n) is 4.65. The van der Waals surface area contributed by atoms with Gasteiger partial charge in [-0.15, -0.1) is 0 Å². The Morgan fingerprint density at radius 2 is 1.25 bits per heavy atom. The third-order valence-corrected chi connectivity index (χ3v) is 0. The second-order valence-electron chi connectivity index (χ2n) is 0. The summed E-state index contributed by atoms with van der Waals surface area (Å²) in [7, 11) is 0. The molecular weight excluding hydrogens is 48.0 g/mol. The van der Waals surface area contributed by atoms with Crippen LogP contribution in [0.15, 0.2) is 0 Å². The molecule has 0 aliphatic heterocycles. The maximum atomic E-state index is 0. The second kappa shape index (κ2) is 56.5. The molecule has 20 valence electrons. The summed E-state index contributed by atoms with van der Waals surface area (Å²) in [6, 6.07) is 0. The Bertz CT molecular complexity index is 11.5. The Kier molecular flexibility index (Phi) is 1910. The van der Waals surface area contributed by atoms with Gasteiger partial charge in [-0.3, -0.25) is 0 Å². The summed E-state index contributed by atoms with van der Waals surface area (Å²) < 4.78 is 0. The van der Waals surface area contributed by atoms with Gasteiger partial charge >= 0.3 is 29.0 Å². The average Bonchev–Trinajstić information content (AvgIpc) is 0. The minimum atomic E-state index is 0. The van der Waals surface area contributed by atoms with Gasteiger partial charge in [0, 0.05) is 0 Å². The Balaban J connectivity index is 0. The molecule has 0 fully saturated rings. The van der Waals surface area contributed by atoms with E-state index in [0.717, 1.165) is 0 Å². The van der Waals surface area contributed by atoms with Crippen LogP contribution < -0.4 is 18.9 Å². The molecule has 0 saturated heterocycles. The predicted molar refractivity (Wildman–Crippen MR) is 13.5 cm³/mol. The molecule has 0 aromatic rings. The molecule has 0 aromatic carbocycles. The first-order valence-corrected chi connectivity index (χ1v) is 0. The Hall–Kier alpha value is 0.686. The molecule has 0 spiro atoms. The minimum Gasteiger partial charge on any atom is -1.00 e. The maximum Gasteiger partial charge on any atom is 2.00 e. The quantitative estimate of drug-likeness (QED) is 0.258. The molecule has 0 aliphatic carbocycles. The van der Waals surface area contributed by atoms with Crippen LogP contribution >= 0.6 is 0 Å². The average molecular weight is 53.0 g/mol. The Morgan fingerprint density at radius 1 is 1.25 bits per heavy atom. The van der Waals surface area contributed by atoms with E-state index in [9.17, 15) is 0 Å². The molecule has 0 aliphatic rings. The van der Waals surface area contributed by atoms with Crippen molar-refractivity contribution in [2.75, 3.05) is 0 Å². The van der Waals surface area contributed by atoms with Crippen LogP contribution in [0.3, 0.4) is 0 Å². The summed E-state index contributed by atoms with van der Waals surface area (Å²) in [6.45, 7) is 0. The van der Waals surface area contributed by atoms with E-state index >= 15 is 0 Å². The van der Waals surface area contributed by atoms with Gasteiger partial charge in [-0.05, 0) is 0 Å². The minimum absolute atomic E-state index is 0. The van der Waals surface area contributed by atoms with Gasteiger partial charge in [0.05, 0.1) is 0 Å². The zero-order valence-corrected chi connectivity index (χ0v) is 2.65. The summed E-state index contributed by atoms with van der Waals surface area (Å²) in [5.41, 5.74) is 0. The first-order valence-electron chi connectivity index (χ1n) is 0. The molecule has 0 bridgehead atoms. The monoisotopic (exact) mass is 53.1 g/mol. The molecule has 0 heterocycles. The number of hydrogen-bond donors (Lipinski definition) is 0. The van der Waals surface area contributed by atoms with E-state index in [0.29, 0.717) is 0 Å². The summed E-state index contributed by atoms with van der Waals surface area (Å²) in [5, 5.41) is 0. The largest absolute Gasteiger partial charge is 2.00 e. The molecule has 0 saturated carbocycles. The molecule has 0 radical (unpaired) electrons. The summed E-state index contributed by atoms with van der Waals surface area (Å²) in [6.07, 6.45) is 0. The van der Waals surface area contributed by atoms with E-state index in [1.54, 1.807) is 0 Å². The van der Waals surface area contributed by atoms with E-state index in [1.807, 2.05) is 0 Å². The fourth-order valence-electron chi connectivity index (χ4n) is 0.